The number of benzene rings is 1. The zero-order valence-electron chi connectivity index (χ0n) is 15.3. The number of aromatic nitrogens is 1. The van der Waals surface area contributed by atoms with Crippen LogP contribution >= 0.6 is 0 Å². The van der Waals surface area contributed by atoms with Crippen molar-refractivity contribution in [2.24, 2.45) is 11.5 Å². The predicted molar refractivity (Wildman–Crippen MR) is 101 cm³/mol. The van der Waals surface area contributed by atoms with Crippen LogP contribution in [0.3, 0.4) is 0 Å². The molecular weight excluding hydrogens is 366 g/mol. The van der Waals surface area contributed by atoms with Crippen molar-refractivity contribution in [1.29, 1.82) is 0 Å². The molecule has 10 heteroatoms. The van der Waals surface area contributed by atoms with Gasteiger partial charge in [-0.1, -0.05) is 18.2 Å². The third kappa shape index (κ3) is 5.30. The van der Waals surface area contributed by atoms with E-state index in [2.05, 4.69) is 15.6 Å². The minimum Gasteiger partial charge on any atom is -0.480 e. The average Bonchev–Trinajstić information content (AvgIpc) is 3.03. The van der Waals surface area contributed by atoms with Crippen molar-refractivity contribution >= 4 is 34.6 Å². The van der Waals surface area contributed by atoms with E-state index >= 15 is 0 Å². The number of fused-ring (bicyclic) bond motifs is 1. The third-order valence-electron chi connectivity index (χ3n) is 4.22. The van der Waals surface area contributed by atoms with Crippen molar-refractivity contribution in [3.63, 3.8) is 0 Å². The summed E-state index contributed by atoms with van der Waals surface area (Å²) >= 11 is 0. The Labute approximate surface area is 160 Å². The fourth-order valence-corrected chi connectivity index (χ4v) is 2.71. The second-order valence-corrected chi connectivity index (χ2v) is 6.47. The maximum absolute atomic E-state index is 12.3. The van der Waals surface area contributed by atoms with Gasteiger partial charge in [-0.25, -0.2) is 4.79 Å². The Hall–Kier alpha value is -3.40. The van der Waals surface area contributed by atoms with E-state index in [0.717, 1.165) is 16.5 Å². The summed E-state index contributed by atoms with van der Waals surface area (Å²) in [5, 5.41) is 14.6. The molecule has 10 nitrogen and oxygen atoms in total. The van der Waals surface area contributed by atoms with Crippen LogP contribution in [0.5, 0.6) is 0 Å². The number of amides is 3. The molecule has 0 spiro atoms. The molecule has 3 unspecified atom stereocenters. The Morgan fingerprint density at radius 3 is 2.46 bits per heavy atom. The topological polar surface area (TPSA) is 180 Å². The summed E-state index contributed by atoms with van der Waals surface area (Å²) in [4.78, 5) is 49.5. The number of hydrogen-bond acceptors (Lipinski definition) is 5. The minimum atomic E-state index is -1.47. The van der Waals surface area contributed by atoms with Gasteiger partial charge in [0, 0.05) is 17.1 Å². The number of H-pyrrole nitrogens is 1. The van der Waals surface area contributed by atoms with Crippen molar-refractivity contribution in [2.45, 2.75) is 37.9 Å². The van der Waals surface area contributed by atoms with Crippen LogP contribution in [0.15, 0.2) is 30.5 Å². The average molecular weight is 389 g/mol. The van der Waals surface area contributed by atoms with Gasteiger partial charge in [-0.05, 0) is 25.0 Å². The third-order valence-corrected chi connectivity index (χ3v) is 4.22. The molecule has 0 aliphatic heterocycles. The van der Waals surface area contributed by atoms with Crippen LogP contribution in [0.25, 0.3) is 10.9 Å². The van der Waals surface area contributed by atoms with Gasteiger partial charge in [0.05, 0.1) is 12.5 Å². The Bertz CT molecular complexity index is 893. The molecule has 8 N–H and O–H groups in total. The van der Waals surface area contributed by atoms with Gasteiger partial charge in [-0.2, -0.15) is 0 Å². The van der Waals surface area contributed by atoms with Crippen molar-refractivity contribution in [1.82, 2.24) is 15.6 Å². The molecule has 0 radical (unpaired) electrons. The van der Waals surface area contributed by atoms with E-state index < -0.39 is 48.2 Å². The molecule has 0 bridgehead atoms. The Balaban J connectivity index is 1.94. The number of carbonyl (C=O) groups is 4. The Morgan fingerprint density at radius 1 is 1.14 bits per heavy atom. The van der Waals surface area contributed by atoms with Gasteiger partial charge in [0.15, 0.2) is 0 Å². The monoisotopic (exact) mass is 389 g/mol. The van der Waals surface area contributed by atoms with Crippen molar-refractivity contribution in [3.8, 4) is 0 Å². The Morgan fingerprint density at radius 2 is 1.82 bits per heavy atom. The molecule has 1 aromatic carbocycles. The number of aromatic amines is 1. The standard InChI is InChI=1S/C18H23N5O5/c1-9(16(25)23-14(18(27)28)7-15(20)24)22-17(26)12(19)6-10-8-21-13-5-3-2-4-11(10)13/h2-5,8-9,12,14,21H,6-7,19H2,1H3,(H2,20,24)(H,22,26)(H,23,25)(H,27,28). The Kier molecular flexibility index (Phi) is 6.72. The van der Waals surface area contributed by atoms with Gasteiger partial charge >= 0.3 is 5.97 Å². The van der Waals surface area contributed by atoms with Crippen molar-refractivity contribution in [2.75, 3.05) is 0 Å². The van der Waals surface area contributed by atoms with Crippen LogP contribution in [0.4, 0.5) is 0 Å². The quantitative estimate of drug-likeness (QED) is 0.319. The number of aliphatic carboxylic acids is 1. The van der Waals surface area contributed by atoms with E-state index in [1.165, 1.54) is 6.92 Å². The summed E-state index contributed by atoms with van der Waals surface area (Å²) < 4.78 is 0. The van der Waals surface area contributed by atoms with Crippen molar-refractivity contribution in [3.05, 3.63) is 36.0 Å². The van der Waals surface area contributed by atoms with E-state index in [1.807, 2.05) is 24.3 Å². The van der Waals surface area contributed by atoms with E-state index in [-0.39, 0.29) is 6.42 Å². The lowest BCUT2D eigenvalue weighted by Crippen LogP contribution is -2.54. The molecule has 1 heterocycles. The largest absolute Gasteiger partial charge is 0.480 e. The van der Waals surface area contributed by atoms with Gasteiger partial charge < -0.3 is 32.2 Å². The van der Waals surface area contributed by atoms with E-state index in [9.17, 15) is 19.2 Å². The molecule has 28 heavy (non-hydrogen) atoms. The van der Waals surface area contributed by atoms with Gasteiger partial charge in [0.2, 0.25) is 17.7 Å². The summed E-state index contributed by atoms with van der Waals surface area (Å²) in [7, 11) is 0. The van der Waals surface area contributed by atoms with Crippen LogP contribution in [0.2, 0.25) is 0 Å². The number of para-hydroxylation sites is 1. The maximum Gasteiger partial charge on any atom is 0.326 e. The highest BCUT2D eigenvalue weighted by molar-refractivity contribution is 5.93. The second-order valence-electron chi connectivity index (χ2n) is 6.47. The predicted octanol–water partition coefficient (Wildman–Crippen LogP) is -1.01. The number of nitrogens with two attached hydrogens (primary N) is 2. The normalized spacial score (nSPS) is 14.1. The van der Waals surface area contributed by atoms with E-state index in [0.29, 0.717) is 0 Å². The van der Waals surface area contributed by atoms with E-state index in [1.54, 1.807) is 6.20 Å². The molecule has 0 saturated carbocycles. The number of carboxylic acids is 1. The molecule has 150 valence electrons. The minimum absolute atomic E-state index is 0.254. The maximum atomic E-state index is 12.3. The SMILES string of the molecule is CC(NC(=O)C(N)Cc1c[nH]c2ccccc12)C(=O)NC(CC(N)=O)C(=O)O. The summed E-state index contributed by atoms with van der Waals surface area (Å²) in [5.74, 6) is -3.59. The van der Waals surface area contributed by atoms with Gasteiger partial charge in [-0.3, -0.25) is 14.4 Å². The van der Waals surface area contributed by atoms with Crippen molar-refractivity contribution < 1.29 is 24.3 Å². The summed E-state index contributed by atoms with van der Waals surface area (Å²) in [5.41, 5.74) is 12.7. The first-order chi connectivity index (χ1) is 13.2. The molecular formula is C18H23N5O5. The lowest BCUT2D eigenvalue weighted by Gasteiger charge is -2.19. The molecule has 0 fully saturated rings. The number of hydrogen-bond donors (Lipinski definition) is 6. The van der Waals surface area contributed by atoms with Crippen LogP contribution in [-0.2, 0) is 25.6 Å². The molecule has 0 saturated heterocycles. The molecule has 2 aromatic rings. The zero-order valence-corrected chi connectivity index (χ0v) is 15.3. The summed E-state index contributed by atoms with van der Waals surface area (Å²) in [6.07, 6.45) is 1.47. The number of carboxylic acid groups (broad SMARTS) is 1. The molecule has 3 atom stereocenters. The lowest BCUT2D eigenvalue weighted by atomic mass is 10.0. The van der Waals surface area contributed by atoms with E-state index in [4.69, 9.17) is 16.6 Å². The number of nitrogens with one attached hydrogen (secondary N) is 3. The van der Waals surface area contributed by atoms with Gasteiger partial charge in [-0.15, -0.1) is 0 Å². The first-order valence-electron chi connectivity index (χ1n) is 8.61. The second kappa shape index (κ2) is 9.00. The molecule has 0 aliphatic rings. The summed E-state index contributed by atoms with van der Waals surface area (Å²) in [6, 6.07) is 4.16. The van der Waals surface area contributed by atoms with Crippen LogP contribution < -0.4 is 22.1 Å². The lowest BCUT2D eigenvalue weighted by molar-refractivity contribution is -0.143. The number of rotatable bonds is 9. The van der Waals surface area contributed by atoms with Crippen LogP contribution in [-0.4, -0.2) is 51.9 Å². The highest BCUT2D eigenvalue weighted by Crippen LogP contribution is 2.18. The summed E-state index contributed by atoms with van der Waals surface area (Å²) in [6.45, 7) is 1.38. The van der Waals surface area contributed by atoms with Crippen LogP contribution in [0, 0.1) is 0 Å². The smallest absolute Gasteiger partial charge is 0.326 e. The fraction of sp³-hybridized carbons (Fsp3) is 0.333. The van der Waals surface area contributed by atoms with Crippen LogP contribution in [0.1, 0.15) is 18.9 Å². The first-order valence-corrected chi connectivity index (χ1v) is 8.61. The zero-order chi connectivity index (χ0) is 20.8. The number of primary amides is 1. The molecule has 1 aromatic heterocycles. The van der Waals surface area contributed by atoms with Gasteiger partial charge in [0.25, 0.3) is 0 Å². The fourth-order valence-electron chi connectivity index (χ4n) is 2.71. The molecule has 0 aliphatic carbocycles. The molecule has 3 amide bonds. The highest BCUT2D eigenvalue weighted by Gasteiger charge is 2.26. The molecule has 2 rings (SSSR count). The number of carbonyl (C=O) groups excluding carboxylic acids is 3. The first kappa shape index (κ1) is 20.9. The van der Waals surface area contributed by atoms with Gasteiger partial charge in [0.1, 0.15) is 12.1 Å². The highest BCUT2D eigenvalue weighted by atomic mass is 16.4.